The van der Waals surface area contributed by atoms with Gasteiger partial charge in [-0.3, -0.25) is 0 Å². The quantitative estimate of drug-likeness (QED) is 0.110. The molecule has 0 aliphatic carbocycles. The van der Waals surface area contributed by atoms with E-state index in [4.69, 9.17) is 0 Å². The van der Waals surface area contributed by atoms with Crippen molar-refractivity contribution in [1.29, 1.82) is 0 Å². The van der Waals surface area contributed by atoms with E-state index in [0.29, 0.717) is 0 Å². The van der Waals surface area contributed by atoms with Crippen LogP contribution in [0.5, 0.6) is 0 Å². The summed E-state index contributed by atoms with van der Waals surface area (Å²) in [6, 6.07) is 0. The van der Waals surface area contributed by atoms with Gasteiger partial charge in [-0.15, -0.1) is 0 Å². The van der Waals surface area contributed by atoms with Crippen LogP contribution in [0.1, 0.15) is 122 Å². The molecule has 164 valence electrons. The molecule has 0 bridgehead atoms. The van der Waals surface area contributed by atoms with Crippen LogP contribution >= 0.6 is 37.9 Å². The van der Waals surface area contributed by atoms with Crippen LogP contribution in [-0.4, -0.2) is 17.3 Å². The monoisotopic (exact) mass is 434 g/mol. The molecule has 0 amide bonds. The molecule has 0 spiro atoms. The summed E-state index contributed by atoms with van der Waals surface area (Å²) in [6.45, 7) is 2.31. The van der Waals surface area contributed by atoms with Crippen molar-refractivity contribution in [3.05, 3.63) is 0 Å². The highest BCUT2D eigenvalue weighted by atomic mass is 32.1. The van der Waals surface area contributed by atoms with E-state index in [-0.39, 0.29) is 0 Å². The summed E-state index contributed by atoms with van der Waals surface area (Å²) in [5.41, 5.74) is 0. The summed E-state index contributed by atoms with van der Waals surface area (Å²) in [6.07, 6.45) is 25.4. The molecule has 0 aliphatic heterocycles. The Morgan fingerprint density at radius 1 is 0.444 bits per heavy atom. The van der Waals surface area contributed by atoms with Gasteiger partial charge < -0.3 is 0 Å². The molecule has 0 aliphatic rings. The van der Waals surface area contributed by atoms with Crippen LogP contribution in [0.15, 0.2) is 0 Å². The second-order valence-corrected chi connectivity index (χ2v) is 9.78. The zero-order valence-electron chi connectivity index (χ0n) is 18.3. The average molecular weight is 435 g/mol. The highest BCUT2D eigenvalue weighted by molar-refractivity contribution is 7.80. The Bertz CT molecular complexity index is 266. The molecule has 0 saturated heterocycles. The van der Waals surface area contributed by atoms with Gasteiger partial charge in [0.25, 0.3) is 0 Å². The SMILES string of the molecule is CCC(CS)CCCC(CCCCS)CCCCCCCCCCCCS. The Labute approximate surface area is 189 Å². The summed E-state index contributed by atoms with van der Waals surface area (Å²) >= 11 is 13.2. The van der Waals surface area contributed by atoms with Crippen molar-refractivity contribution in [3.63, 3.8) is 0 Å². The molecule has 0 radical (unpaired) electrons. The van der Waals surface area contributed by atoms with E-state index in [2.05, 4.69) is 44.8 Å². The maximum absolute atomic E-state index is 4.50. The number of hydrogen-bond donors (Lipinski definition) is 3. The minimum Gasteiger partial charge on any atom is -0.179 e. The molecule has 0 aromatic rings. The van der Waals surface area contributed by atoms with Crippen LogP contribution < -0.4 is 0 Å². The summed E-state index contributed by atoms with van der Waals surface area (Å²) in [4.78, 5) is 0. The van der Waals surface area contributed by atoms with Crippen molar-refractivity contribution in [2.24, 2.45) is 11.8 Å². The molecule has 0 rings (SSSR count). The van der Waals surface area contributed by atoms with Crippen LogP contribution in [0.4, 0.5) is 0 Å². The largest absolute Gasteiger partial charge is 0.179 e. The molecule has 2 unspecified atom stereocenters. The highest BCUT2D eigenvalue weighted by Crippen LogP contribution is 2.25. The lowest BCUT2D eigenvalue weighted by Gasteiger charge is -2.18. The Kier molecular flexibility index (Phi) is 24.2. The first-order chi connectivity index (χ1) is 13.3. The normalized spacial score (nSPS) is 13.8. The Balaban J connectivity index is 3.69. The first kappa shape index (κ1) is 28.1. The number of unbranched alkanes of at least 4 members (excludes halogenated alkanes) is 10. The summed E-state index contributed by atoms with van der Waals surface area (Å²) in [5.74, 6) is 4.98. The summed E-state index contributed by atoms with van der Waals surface area (Å²) in [5, 5.41) is 0. The fourth-order valence-electron chi connectivity index (χ4n) is 4.06. The number of hydrogen-bond acceptors (Lipinski definition) is 3. The van der Waals surface area contributed by atoms with Gasteiger partial charge in [-0.2, -0.15) is 37.9 Å². The fraction of sp³-hybridized carbons (Fsp3) is 1.00. The minimum absolute atomic E-state index is 0.837. The second kappa shape index (κ2) is 23.3. The van der Waals surface area contributed by atoms with Crippen LogP contribution in [0.3, 0.4) is 0 Å². The lowest BCUT2D eigenvalue weighted by atomic mass is 9.88. The average Bonchev–Trinajstić information content (AvgIpc) is 2.69. The number of rotatable bonds is 22. The third-order valence-electron chi connectivity index (χ3n) is 6.10. The molecule has 3 heteroatoms. The van der Waals surface area contributed by atoms with Crippen LogP contribution in [0.2, 0.25) is 0 Å². The molecule has 0 nitrogen and oxygen atoms in total. The van der Waals surface area contributed by atoms with Crippen molar-refractivity contribution in [2.75, 3.05) is 17.3 Å². The van der Waals surface area contributed by atoms with Gasteiger partial charge in [0.15, 0.2) is 0 Å². The smallest absolute Gasteiger partial charge is 0.00696 e. The highest BCUT2D eigenvalue weighted by Gasteiger charge is 2.10. The Hall–Kier alpha value is 1.05. The summed E-state index contributed by atoms with van der Waals surface area (Å²) < 4.78 is 0. The predicted octanol–water partition coefficient (Wildman–Crippen LogP) is 9.05. The minimum atomic E-state index is 0.837. The third kappa shape index (κ3) is 20.1. The standard InChI is InChI=1S/C24H50S3/c1-2-23(22-27)18-15-19-24(17-12-14-21-26)16-11-9-7-5-3-4-6-8-10-13-20-25/h23-27H,2-22H2,1H3. The maximum atomic E-state index is 4.50. The topological polar surface area (TPSA) is 0 Å². The van der Waals surface area contributed by atoms with E-state index >= 15 is 0 Å². The molecule has 0 aromatic carbocycles. The molecule has 0 aromatic heterocycles. The van der Waals surface area contributed by atoms with Gasteiger partial charge in [0.1, 0.15) is 0 Å². The van der Waals surface area contributed by atoms with E-state index in [1.54, 1.807) is 0 Å². The van der Waals surface area contributed by atoms with Crippen molar-refractivity contribution in [3.8, 4) is 0 Å². The van der Waals surface area contributed by atoms with Crippen LogP contribution in [0, 0.1) is 11.8 Å². The van der Waals surface area contributed by atoms with E-state index in [9.17, 15) is 0 Å². The number of thiol groups is 3. The van der Waals surface area contributed by atoms with Gasteiger partial charge in [-0.25, -0.2) is 0 Å². The van der Waals surface area contributed by atoms with Crippen molar-refractivity contribution >= 4 is 37.9 Å². The Morgan fingerprint density at radius 2 is 0.815 bits per heavy atom. The third-order valence-corrected chi connectivity index (χ3v) is 7.25. The van der Waals surface area contributed by atoms with Gasteiger partial charge in [-0.1, -0.05) is 103 Å². The fourth-order valence-corrected chi connectivity index (χ4v) is 4.94. The molecule has 0 N–H and O–H groups in total. The first-order valence-electron chi connectivity index (χ1n) is 12.1. The Morgan fingerprint density at radius 3 is 1.30 bits per heavy atom. The van der Waals surface area contributed by atoms with Gasteiger partial charge in [0.2, 0.25) is 0 Å². The zero-order chi connectivity index (χ0) is 20.0. The van der Waals surface area contributed by atoms with Gasteiger partial charge in [-0.05, 0) is 48.4 Å². The molecule has 27 heavy (non-hydrogen) atoms. The van der Waals surface area contributed by atoms with Crippen LogP contribution in [0.25, 0.3) is 0 Å². The van der Waals surface area contributed by atoms with E-state index in [1.807, 2.05) is 0 Å². The van der Waals surface area contributed by atoms with Gasteiger partial charge >= 0.3 is 0 Å². The van der Waals surface area contributed by atoms with Gasteiger partial charge in [0.05, 0.1) is 0 Å². The van der Waals surface area contributed by atoms with Crippen molar-refractivity contribution in [2.45, 2.75) is 122 Å². The zero-order valence-corrected chi connectivity index (χ0v) is 21.0. The molecular formula is C24H50S3. The van der Waals surface area contributed by atoms with Crippen molar-refractivity contribution < 1.29 is 0 Å². The molecule has 0 saturated carbocycles. The van der Waals surface area contributed by atoms with E-state index in [0.717, 1.165) is 29.1 Å². The maximum Gasteiger partial charge on any atom is -0.00696 e. The predicted molar refractivity (Wildman–Crippen MR) is 137 cm³/mol. The second-order valence-electron chi connectivity index (χ2n) is 8.52. The molecular weight excluding hydrogens is 384 g/mol. The first-order valence-corrected chi connectivity index (χ1v) is 14.0. The summed E-state index contributed by atoms with van der Waals surface area (Å²) in [7, 11) is 0. The van der Waals surface area contributed by atoms with Crippen molar-refractivity contribution in [1.82, 2.24) is 0 Å². The molecule has 2 atom stereocenters. The van der Waals surface area contributed by atoms with Crippen LogP contribution in [-0.2, 0) is 0 Å². The van der Waals surface area contributed by atoms with Gasteiger partial charge in [0, 0.05) is 0 Å². The molecule has 0 heterocycles. The lowest BCUT2D eigenvalue weighted by Crippen LogP contribution is -2.05. The van der Waals surface area contributed by atoms with E-state index < -0.39 is 0 Å². The lowest BCUT2D eigenvalue weighted by molar-refractivity contribution is 0.358. The molecule has 0 fully saturated rings. The van der Waals surface area contributed by atoms with E-state index in [1.165, 1.54) is 116 Å².